The number of hydrogen-bond donors (Lipinski definition) is 0. The Balaban J connectivity index is 2.84. The number of halogens is 1. The molecule has 54 valence electrons. The number of nitriles is 1. The highest BCUT2D eigenvalue weighted by Crippen LogP contribution is 2.16. The molecule has 0 aliphatic carbocycles. The lowest BCUT2D eigenvalue weighted by atomic mass is 10.3. The summed E-state index contributed by atoms with van der Waals surface area (Å²) in [5, 5.41) is 14.9. The Morgan fingerprint density at radius 2 is 1.91 bits per heavy atom. The zero-order valence-corrected chi connectivity index (χ0v) is 7.12. The third-order valence-electron chi connectivity index (χ3n) is 1.04. The first-order valence-electron chi connectivity index (χ1n) is 2.88. The third kappa shape index (κ3) is 2.48. The summed E-state index contributed by atoms with van der Waals surface area (Å²) in [7, 11) is 0. The minimum Gasteiger partial charge on any atom is -0.169 e. The van der Waals surface area contributed by atoms with Crippen molar-refractivity contribution < 1.29 is 0 Å². The lowest BCUT2D eigenvalue weighted by Crippen LogP contribution is -1.62. The average molecular weight is 210 g/mol. The van der Waals surface area contributed by atoms with E-state index in [0.29, 0.717) is 5.69 Å². The number of hydrogen-bond acceptors (Lipinski definition) is 3. The number of azo groups is 1. The second-order valence-electron chi connectivity index (χ2n) is 1.78. The van der Waals surface area contributed by atoms with Crippen LogP contribution in [-0.2, 0) is 0 Å². The quantitative estimate of drug-likeness (QED) is 0.519. The molecule has 4 heteroatoms. The van der Waals surface area contributed by atoms with E-state index in [4.69, 9.17) is 5.26 Å². The molecular formula is C7H4BrN3. The molecule has 0 aliphatic heterocycles. The topological polar surface area (TPSA) is 48.5 Å². The van der Waals surface area contributed by atoms with Crippen molar-refractivity contribution in [2.75, 3.05) is 0 Å². The summed E-state index contributed by atoms with van der Waals surface area (Å²) in [5.74, 6) is 0. The molecule has 1 aromatic carbocycles. The molecule has 0 heterocycles. The molecule has 0 N–H and O–H groups in total. The molecule has 1 aromatic rings. The van der Waals surface area contributed by atoms with Gasteiger partial charge in [0.2, 0.25) is 6.19 Å². The van der Waals surface area contributed by atoms with E-state index in [-0.39, 0.29) is 0 Å². The van der Waals surface area contributed by atoms with Gasteiger partial charge in [-0.2, -0.15) is 5.26 Å². The molecule has 0 aliphatic rings. The first kappa shape index (κ1) is 7.89. The second-order valence-corrected chi connectivity index (χ2v) is 2.69. The number of nitrogens with zero attached hydrogens (tertiary/aromatic N) is 3. The summed E-state index contributed by atoms with van der Waals surface area (Å²) in [4.78, 5) is 0. The Bertz CT molecular complexity index is 296. The standard InChI is InChI=1S/C7H4BrN3/c8-6-1-3-7(4-2-6)11-10-5-9/h1-4H. The van der Waals surface area contributed by atoms with Crippen LogP contribution in [0.1, 0.15) is 0 Å². The van der Waals surface area contributed by atoms with E-state index in [1.807, 2.05) is 12.1 Å². The van der Waals surface area contributed by atoms with Gasteiger partial charge in [0, 0.05) is 4.47 Å². The van der Waals surface area contributed by atoms with Gasteiger partial charge in [0.1, 0.15) is 0 Å². The molecular weight excluding hydrogens is 206 g/mol. The van der Waals surface area contributed by atoms with Gasteiger partial charge in [-0.1, -0.05) is 21.0 Å². The Labute approximate surface area is 72.5 Å². The molecule has 0 amide bonds. The molecule has 11 heavy (non-hydrogen) atoms. The Kier molecular flexibility index (Phi) is 2.75. The molecule has 0 fully saturated rings. The number of benzene rings is 1. The van der Waals surface area contributed by atoms with Gasteiger partial charge in [-0.25, -0.2) is 0 Å². The van der Waals surface area contributed by atoms with Gasteiger partial charge in [-0.3, -0.25) is 0 Å². The molecule has 0 saturated carbocycles. The van der Waals surface area contributed by atoms with E-state index in [1.54, 1.807) is 18.3 Å². The van der Waals surface area contributed by atoms with Gasteiger partial charge in [0.05, 0.1) is 5.69 Å². The molecule has 0 bridgehead atoms. The van der Waals surface area contributed by atoms with Crippen molar-refractivity contribution in [1.82, 2.24) is 0 Å². The van der Waals surface area contributed by atoms with Crippen LogP contribution in [0.3, 0.4) is 0 Å². The summed E-state index contributed by atoms with van der Waals surface area (Å²) in [6.45, 7) is 0. The van der Waals surface area contributed by atoms with Gasteiger partial charge in [0.15, 0.2) is 0 Å². The van der Waals surface area contributed by atoms with Crippen LogP contribution >= 0.6 is 15.9 Å². The van der Waals surface area contributed by atoms with Crippen molar-refractivity contribution in [2.24, 2.45) is 10.2 Å². The molecule has 0 saturated heterocycles. The first-order chi connectivity index (χ1) is 5.33. The number of rotatable bonds is 1. The minimum atomic E-state index is 0.676. The monoisotopic (exact) mass is 209 g/mol. The van der Waals surface area contributed by atoms with E-state index in [9.17, 15) is 0 Å². The van der Waals surface area contributed by atoms with E-state index in [0.717, 1.165) is 4.47 Å². The van der Waals surface area contributed by atoms with Gasteiger partial charge >= 0.3 is 0 Å². The second kappa shape index (κ2) is 3.84. The van der Waals surface area contributed by atoms with Crippen molar-refractivity contribution >= 4 is 21.6 Å². The zero-order valence-electron chi connectivity index (χ0n) is 5.53. The van der Waals surface area contributed by atoms with Crippen molar-refractivity contribution in [3.05, 3.63) is 28.7 Å². The predicted octanol–water partition coefficient (Wildman–Crippen LogP) is 3.01. The maximum absolute atomic E-state index is 8.06. The maximum atomic E-state index is 8.06. The van der Waals surface area contributed by atoms with Crippen LogP contribution in [0.15, 0.2) is 39.0 Å². The van der Waals surface area contributed by atoms with Gasteiger partial charge in [0.25, 0.3) is 0 Å². The maximum Gasteiger partial charge on any atom is 0.226 e. The van der Waals surface area contributed by atoms with E-state index < -0.39 is 0 Å². The highest BCUT2D eigenvalue weighted by atomic mass is 79.9. The highest BCUT2D eigenvalue weighted by Gasteiger charge is 1.87. The average Bonchev–Trinajstić information content (AvgIpc) is 2.04. The molecule has 0 radical (unpaired) electrons. The Hall–Kier alpha value is -1.21. The Morgan fingerprint density at radius 3 is 2.45 bits per heavy atom. The van der Waals surface area contributed by atoms with Crippen LogP contribution in [0.4, 0.5) is 5.69 Å². The SMILES string of the molecule is N#CN=Nc1ccc(Br)cc1. The van der Waals surface area contributed by atoms with E-state index >= 15 is 0 Å². The summed E-state index contributed by atoms with van der Waals surface area (Å²) >= 11 is 3.28. The molecule has 0 unspecified atom stereocenters. The van der Waals surface area contributed by atoms with E-state index in [2.05, 4.69) is 26.2 Å². The fraction of sp³-hybridized carbons (Fsp3) is 0. The van der Waals surface area contributed by atoms with Crippen LogP contribution < -0.4 is 0 Å². The Morgan fingerprint density at radius 1 is 1.27 bits per heavy atom. The third-order valence-corrected chi connectivity index (χ3v) is 1.57. The lowest BCUT2D eigenvalue weighted by molar-refractivity contribution is 1.23. The van der Waals surface area contributed by atoms with Gasteiger partial charge < -0.3 is 0 Å². The van der Waals surface area contributed by atoms with Gasteiger partial charge in [-0.05, 0) is 24.3 Å². The van der Waals surface area contributed by atoms with Crippen molar-refractivity contribution in [2.45, 2.75) is 0 Å². The van der Waals surface area contributed by atoms with Crippen LogP contribution in [0.5, 0.6) is 0 Å². The first-order valence-corrected chi connectivity index (χ1v) is 3.67. The van der Waals surface area contributed by atoms with Crippen LogP contribution in [-0.4, -0.2) is 0 Å². The van der Waals surface area contributed by atoms with Crippen molar-refractivity contribution in [1.29, 1.82) is 5.26 Å². The summed E-state index contributed by atoms with van der Waals surface area (Å²) in [6, 6.07) is 7.22. The van der Waals surface area contributed by atoms with Crippen LogP contribution in [0, 0.1) is 11.5 Å². The molecule has 0 spiro atoms. The zero-order chi connectivity index (χ0) is 8.10. The normalized spacial score (nSPS) is 9.82. The minimum absolute atomic E-state index is 0.676. The smallest absolute Gasteiger partial charge is 0.169 e. The molecule has 1 rings (SSSR count). The largest absolute Gasteiger partial charge is 0.226 e. The summed E-state index contributed by atoms with van der Waals surface area (Å²) in [5.41, 5.74) is 0.676. The highest BCUT2D eigenvalue weighted by molar-refractivity contribution is 9.10. The van der Waals surface area contributed by atoms with Crippen molar-refractivity contribution in [3.63, 3.8) is 0 Å². The summed E-state index contributed by atoms with van der Waals surface area (Å²) in [6.07, 6.45) is 1.58. The van der Waals surface area contributed by atoms with Crippen LogP contribution in [0.25, 0.3) is 0 Å². The predicted molar refractivity (Wildman–Crippen MR) is 44.3 cm³/mol. The fourth-order valence-electron chi connectivity index (χ4n) is 0.588. The van der Waals surface area contributed by atoms with Crippen LogP contribution in [0.2, 0.25) is 0 Å². The molecule has 0 atom stereocenters. The fourth-order valence-corrected chi connectivity index (χ4v) is 0.852. The van der Waals surface area contributed by atoms with Crippen molar-refractivity contribution in [3.8, 4) is 6.19 Å². The lowest BCUT2D eigenvalue weighted by Gasteiger charge is -1.89. The van der Waals surface area contributed by atoms with E-state index in [1.165, 1.54) is 0 Å². The van der Waals surface area contributed by atoms with Gasteiger partial charge in [-0.15, -0.1) is 5.11 Å². The molecule has 3 nitrogen and oxygen atoms in total. The summed E-state index contributed by atoms with van der Waals surface area (Å²) < 4.78 is 0.980. The molecule has 0 aromatic heterocycles.